The van der Waals surface area contributed by atoms with Crippen LogP contribution in [0.25, 0.3) is 0 Å². The Morgan fingerprint density at radius 3 is 2.82 bits per heavy atom. The number of nitrogens with one attached hydrogen (secondary N) is 1. The molecule has 1 aliphatic rings. The largest absolute Gasteiger partial charge is 0.355 e. The van der Waals surface area contributed by atoms with Gasteiger partial charge in [-0.15, -0.1) is 0 Å². The lowest BCUT2D eigenvalue weighted by atomic mass is 9.91. The molecule has 1 aliphatic heterocycles. The van der Waals surface area contributed by atoms with Gasteiger partial charge in [-0.1, -0.05) is 20.8 Å². The number of rotatable bonds is 5. The van der Waals surface area contributed by atoms with Crippen LogP contribution in [-0.2, 0) is 4.79 Å². The lowest BCUT2D eigenvalue weighted by Crippen LogP contribution is -2.52. The Balaban J connectivity index is 2.40. The maximum absolute atomic E-state index is 11.8. The molecule has 0 aromatic heterocycles. The lowest BCUT2D eigenvalue weighted by molar-refractivity contribution is -0.123. The van der Waals surface area contributed by atoms with Gasteiger partial charge in [-0.05, 0) is 31.2 Å². The quantitative estimate of drug-likeness (QED) is 0.749. The van der Waals surface area contributed by atoms with Crippen molar-refractivity contribution in [2.24, 2.45) is 17.6 Å². The predicted octanol–water partition coefficient (Wildman–Crippen LogP) is 0.818. The molecule has 17 heavy (non-hydrogen) atoms. The van der Waals surface area contributed by atoms with Crippen molar-refractivity contribution >= 4 is 5.91 Å². The molecule has 0 radical (unpaired) electrons. The molecule has 1 rings (SSSR count). The molecule has 100 valence electrons. The van der Waals surface area contributed by atoms with Crippen molar-refractivity contribution in [1.29, 1.82) is 0 Å². The van der Waals surface area contributed by atoms with E-state index >= 15 is 0 Å². The minimum absolute atomic E-state index is 0.131. The molecule has 0 saturated carbocycles. The highest BCUT2D eigenvalue weighted by molar-refractivity contribution is 5.78. The highest BCUT2D eigenvalue weighted by Gasteiger charge is 2.28. The van der Waals surface area contributed by atoms with Gasteiger partial charge in [0.2, 0.25) is 5.91 Å². The van der Waals surface area contributed by atoms with E-state index in [4.69, 9.17) is 5.73 Å². The second-order valence-electron chi connectivity index (χ2n) is 5.59. The maximum atomic E-state index is 11.8. The fourth-order valence-electron chi connectivity index (χ4n) is 2.47. The molecule has 1 heterocycles. The summed E-state index contributed by atoms with van der Waals surface area (Å²) in [6, 6.07) is 0.369. The van der Waals surface area contributed by atoms with Gasteiger partial charge in [0.05, 0.1) is 6.54 Å². The van der Waals surface area contributed by atoms with Gasteiger partial charge in [-0.3, -0.25) is 9.69 Å². The van der Waals surface area contributed by atoms with E-state index in [1.807, 2.05) is 0 Å². The van der Waals surface area contributed by atoms with Crippen LogP contribution in [-0.4, -0.2) is 43.0 Å². The molecule has 0 spiro atoms. The Labute approximate surface area is 105 Å². The van der Waals surface area contributed by atoms with Crippen LogP contribution in [0.4, 0.5) is 0 Å². The van der Waals surface area contributed by atoms with E-state index in [1.54, 1.807) is 0 Å². The van der Waals surface area contributed by atoms with Crippen molar-refractivity contribution in [2.75, 3.05) is 26.2 Å². The molecule has 2 unspecified atom stereocenters. The van der Waals surface area contributed by atoms with Gasteiger partial charge in [-0.25, -0.2) is 0 Å². The average molecular weight is 241 g/mol. The van der Waals surface area contributed by atoms with E-state index in [0.29, 0.717) is 31.0 Å². The highest BCUT2D eigenvalue weighted by Crippen LogP contribution is 2.21. The van der Waals surface area contributed by atoms with Crippen LogP contribution in [0.3, 0.4) is 0 Å². The number of likely N-dealkylation sites (tertiary alicyclic amines) is 1. The van der Waals surface area contributed by atoms with Gasteiger partial charge < -0.3 is 11.1 Å². The van der Waals surface area contributed by atoms with Crippen LogP contribution in [0.5, 0.6) is 0 Å². The molecule has 4 nitrogen and oxygen atoms in total. The summed E-state index contributed by atoms with van der Waals surface area (Å²) in [5, 5.41) is 2.97. The van der Waals surface area contributed by atoms with Crippen LogP contribution in [0.15, 0.2) is 0 Å². The maximum Gasteiger partial charge on any atom is 0.234 e. The standard InChI is InChI=1S/C13H27N3O/c1-10(2)8-15-13(17)9-16-6-4-5-11(3)12(16)7-14/h10-12H,4-9,14H2,1-3H3,(H,15,17). The molecular formula is C13H27N3O. The molecule has 0 aromatic carbocycles. The zero-order valence-corrected chi connectivity index (χ0v) is 11.4. The monoisotopic (exact) mass is 241 g/mol. The number of hydrogen-bond acceptors (Lipinski definition) is 3. The van der Waals surface area contributed by atoms with Gasteiger partial charge >= 0.3 is 0 Å². The first kappa shape index (κ1) is 14.5. The molecule has 0 aromatic rings. The first-order chi connectivity index (χ1) is 8.04. The van der Waals surface area contributed by atoms with Crippen LogP contribution in [0.1, 0.15) is 33.6 Å². The number of hydrogen-bond donors (Lipinski definition) is 2. The van der Waals surface area contributed by atoms with E-state index in [1.165, 1.54) is 12.8 Å². The summed E-state index contributed by atoms with van der Waals surface area (Å²) in [6.07, 6.45) is 2.40. The number of nitrogens with zero attached hydrogens (tertiary/aromatic N) is 1. The molecule has 2 atom stereocenters. The van der Waals surface area contributed by atoms with E-state index in [-0.39, 0.29) is 5.91 Å². The molecule has 0 bridgehead atoms. The third-order valence-electron chi connectivity index (χ3n) is 3.53. The van der Waals surface area contributed by atoms with Crippen LogP contribution >= 0.6 is 0 Å². The Hall–Kier alpha value is -0.610. The number of piperidine rings is 1. The molecule has 4 heteroatoms. The van der Waals surface area contributed by atoms with Gasteiger partial charge in [0.15, 0.2) is 0 Å². The number of carbonyl (C=O) groups is 1. The molecule has 1 amide bonds. The highest BCUT2D eigenvalue weighted by atomic mass is 16.2. The first-order valence-electron chi connectivity index (χ1n) is 6.75. The predicted molar refractivity (Wildman–Crippen MR) is 70.7 cm³/mol. The molecule has 1 saturated heterocycles. The smallest absolute Gasteiger partial charge is 0.234 e. The fourth-order valence-corrected chi connectivity index (χ4v) is 2.47. The van der Waals surface area contributed by atoms with Gasteiger partial charge in [0.1, 0.15) is 0 Å². The molecule has 3 N–H and O–H groups in total. The lowest BCUT2D eigenvalue weighted by Gasteiger charge is -2.38. The minimum Gasteiger partial charge on any atom is -0.355 e. The van der Waals surface area contributed by atoms with Crippen molar-refractivity contribution < 1.29 is 4.79 Å². The van der Waals surface area contributed by atoms with Gasteiger partial charge in [-0.2, -0.15) is 0 Å². The van der Waals surface area contributed by atoms with E-state index in [0.717, 1.165) is 13.1 Å². The summed E-state index contributed by atoms with van der Waals surface area (Å²) >= 11 is 0. The second kappa shape index (κ2) is 6.97. The van der Waals surface area contributed by atoms with E-state index in [2.05, 4.69) is 31.0 Å². The minimum atomic E-state index is 0.131. The van der Waals surface area contributed by atoms with Crippen LogP contribution < -0.4 is 11.1 Å². The Kier molecular flexibility index (Phi) is 5.92. The van der Waals surface area contributed by atoms with Crippen molar-refractivity contribution in [2.45, 2.75) is 39.7 Å². The van der Waals surface area contributed by atoms with Crippen LogP contribution in [0, 0.1) is 11.8 Å². The number of carbonyl (C=O) groups excluding carboxylic acids is 1. The summed E-state index contributed by atoms with van der Waals surface area (Å²) in [5.74, 6) is 1.24. The summed E-state index contributed by atoms with van der Waals surface area (Å²) in [7, 11) is 0. The van der Waals surface area contributed by atoms with E-state index in [9.17, 15) is 4.79 Å². The number of nitrogens with two attached hydrogens (primary N) is 1. The van der Waals surface area contributed by atoms with Crippen LogP contribution in [0.2, 0.25) is 0 Å². The van der Waals surface area contributed by atoms with Crippen molar-refractivity contribution in [1.82, 2.24) is 10.2 Å². The fraction of sp³-hybridized carbons (Fsp3) is 0.923. The van der Waals surface area contributed by atoms with Crippen molar-refractivity contribution in [3.8, 4) is 0 Å². The third kappa shape index (κ3) is 4.64. The Bertz CT molecular complexity index is 243. The Morgan fingerprint density at radius 2 is 2.24 bits per heavy atom. The summed E-state index contributed by atoms with van der Waals surface area (Å²) in [5.41, 5.74) is 5.81. The number of amides is 1. The van der Waals surface area contributed by atoms with Gasteiger partial charge in [0, 0.05) is 19.1 Å². The van der Waals surface area contributed by atoms with Gasteiger partial charge in [0.25, 0.3) is 0 Å². The normalized spacial score (nSPS) is 26.2. The first-order valence-corrected chi connectivity index (χ1v) is 6.75. The zero-order chi connectivity index (χ0) is 12.8. The zero-order valence-electron chi connectivity index (χ0n) is 11.4. The Morgan fingerprint density at radius 1 is 1.53 bits per heavy atom. The topological polar surface area (TPSA) is 58.4 Å². The SMILES string of the molecule is CC(C)CNC(=O)CN1CCCC(C)C1CN. The molecular weight excluding hydrogens is 214 g/mol. The van der Waals surface area contributed by atoms with Crippen molar-refractivity contribution in [3.63, 3.8) is 0 Å². The summed E-state index contributed by atoms with van der Waals surface area (Å²) in [4.78, 5) is 14.0. The summed E-state index contributed by atoms with van der Waals surface area (Å²) in [6.45, 7) is 9.35. The average Bonchev–Trinajstić information content (AvgIpc) is 2.27. The molecule has 0 aliphatic carbocycles. The third-order valence-corrected chi connectivity index (χ3v) is 3.53. The molecule has 1 fully saturated rings. The van der Waals surface area contributed by atoms with Crippen molar-refractivity contribution in [3.05, 3.63) is 0 Å². The second-order valence-corrected chi connectivity index (χ2v) is 5.59. The summed E-state index contributed by atoms with van der Waals surface area (Å²) < 4.78 is 0. The van der Waals surface area contributed by atoms with E-state index < -0.39 is 0 Å².